The molecule has 0 spiro atoms. The van der Waals surface area contributed by atoms with Crippen molar-refractivity contribution in [2.45, 2.75) is 18.8 Å². The SMILES string of the molecule is CC(CN)(CCO)c1c(N)ccc(F)c1F. The van der Waals surface area contributed by atoms with E-state index in [1.165, 1.54) is 6.07 Å². The van der Waals surface area contributed by atoms with Gasteiger partial charge in [-0.15, -0.1) is 0 Å². The third-order valence-corrected chi connectivity index (χ3v) is 2.84. The largest absolute Gasteiger partial charge is 0.398 e. The minimum Gasteiger partial charge on any atom is -0.398 e. The average molecular weight is 230 g/mol. The summed E-state index contributed by atoms with van der Waals surface area (Å²) in [7, 11) is 0. The van der Waals surface area contributed by atoms with Gasteiger partial charge in [-0.25, -0.2) is 8.78 Å². The Morgan fingerprint density at radius 1 is 1.38 bits per heavy atom. The van der Waals surface area contributed by atoms with Crippen LogP contribution >= 0.6 is 0 Å². The normalized spacial score (nSPS) is 14.8. The van der Waals surface area contributed by atoms with Crippen molar-refractivity contribution in [3.05, 3.63) is 29.3 Å². The summed E-state index contributed by atoms with van der Waals surface area (Å²) in [6.07, 6.45) is 0.230. The van der Waals surface area contributed by atoms with Gasteiger partial charge < -0.3 is 16.6 Å². The Kier molecular flexibility index (Phi) is 3.83. The van der Waals surface area contributed by atoms with Gasteiger partial charge in [0.05, 0.1) is 0 Å². The second-order valence-electron chi connectivity index (χ2n) is 4.06. The molecule has 0 aliphatic heterocycles. The molecule has 16 heavy (non-hydrogen) atoms. The van der Waals surface area contributed by atoms with Crippen LogP contribution in [0.15, 0.2) is 12.1 Å². The van der Waals surface area contributed by atoms with Gasteiger partial charge in [0.2, 0.25) is 0 Å². The highest BCUT2D eigenvalue weighted by Gasteiger charge is 2.31. The van der Waals surface area contributed by atoms with Crippen LogP contribution < -0.4 is 11.5 Å². The molecule has 0 saturated heterocycles. The molecule has 1 aromatic rings. The predicted octanol–water partition coefficient (Wildman–Crippen LogP) is 1.15. The number of nitrogen functional groups attached to an aromatic ring is 1. The lowest BCUT2D eigenvalue weighted by atomic mass is 9.78. The van der Waals surface area contributed by atoms with Crippen LogP contribution in [-0.2, 0) is 5.41 Å². The van der Waals surface area contributed by atoms with Gasteiger partial charge in [-0.1, -0.05) is 6.92 Å². The van der Waals surface area contributed by atoms with E-state index in [0.717, 1.165) is 6.07 Å². The van der Waals surface area contributed by atoms with E-state index >= 15 is 0 Å². The first-order chi connectivity index (χ1) is 7.46. The van der Waals surface area contributed by atoms with E-state index in [9.17, 15) is 8.78 Å². The molecule has 0 aliphatic rings. The second kappa shape index (κ2) is 4.76. The van der Waals surface area contributed by atoms with Crippen LogP contribution in [0.4, 0.5) is 14.5 Å². The fraction of sp³-hybridized carbons (Fsp3) is 0.455. The van der Waals surface area contributed by atoms with Crippen LogP contribution in [0.2, 0.25) is 0 Å². The summed E-state index contributed by atoms with van der Waals surface area (Å²) in [5, 5.41) is 8.93. The van der Waals surface area contributed by atoms with Crippen molar-refractivity contribution in [3.63, 3.8) is 0 Å². The van der Waals surface area contributed by atoms with E-state index in [-0.39, 0.29) is 30.8 Å². The van der Waals surface area contributed by atoms with Crippen molar-refractivity contribution < 1.29 is 13.9 Å². The molecule has 5 heteroatoms. The number of benzene rings is 1. The Bertz CT molecular complexity index is 384. The van der Waals surface area contributed by atoms with E-state index < -0.39 is 17.0 Å². The summed E-state index contributed by atoms with van der Waals surface area (Å²) in [6, 6.07) is 2.28. The first-order valence-corrected chi connectivity index (χ1v) is 5.01. The molecule has 0 heterocycles. The third kappa shape index (κ3) is 2.15. The van der Waals surface area contributed by atoms with E-state index in [0.29, 0.717) is 0 Å². The Morgan fingerprint density at radius 2 is 2.00 bits per heavy atom. The molecule has 1 rings (SSSR count). The molecule has 5 N–H and O–H groups in total. The van der Waals surface area contributed by atoms with Crippen molar-refractivity contribution in [3.8, 4) is 0 Å². The number of anilines is 1. The van der Waals surface area contributed by atoms with Gasteiger partial charge in [0.1, 0.15) is 0 Å². The summed E-state index contributed by atoms with van der Waals surface area (Å²) in [5.41, 5.74) is 10.5. The van der Waals surface area contributed by atoms with Crippen LogP contribution in [0, 0.1) is 11.6 Å². The van der Waals surface area contributed by atoms with Crippen molar-refractivity contribution in [2.24, 2.45) is 5.73 Å². The van der Waals surface area contributed by atoms with Crippen molar-refractivity contribution >= 4 is 5.69 Å². The highest BCUT2D eigenvalue weighted by molar-refractivity contribution is 5.52. The Labute approximate surface area is 93.1 Å². The fourth-order valence-corrected chi connectivity index (χ4v) is 1.75. The molecule has 1 atom stereocenters. The molecule has 1 aromatic carbocycles. The third-order valence-electron chi connectivity index (χ3n) is 2.84. The van der Waals surface area contributed by atoms with E-state index in [2.05, 4.69) is 0 Å². The maximum atomic E-state index is 13.7. The van der Waals surface area contributed by atoms with Crippen molar-refractivity contribution in [2.75, 3.05) is 18.9 Å². The molecule has 90 valence electrons. The first kappa shape index (κ1) is 12.9. The van der Waals surface area contributed by atoms with E-state index in [1.54, 1.807) is 6.92 Å². The number of hydrogen-bond acceptors (Lipinski definition) is 3. The standard InChI is InChI=1S/C11H16F2N2O/c1-11(6-14,4-5-16)9-8(15)3-2-7(12)10(9)13/h2-3,16H,4-6,14-15H2,1H3. The molecule has 0 bridgehead atoms. The number of nitrogens with two attached hydrogens (primary N) is 2. The lowest BCUT2D eigenvalue weighted by Crippen LogP contribution is -2.35. The van der Waals surface area contributed by atoms with E-state index in [4.69, 9.17) is 16.6 Å². The predicted molar refractivity (Wildman–Crippen MR) is 58.9 cm³/mol. The summed E-state index contributed by atoms with van der Waals surface area (Å²) in [4.78, 5) is 0. The molecule has 0 saturated carbocycles. The van der Waals surface area contributed by atoms with Crippen LogP contribution in [0.5, 0.6) is 0 Å². The number of aliphatic hydroxyl groups is 1. The maximum Gasteiger partial charge on any atom is 0.164 e. The Morgan fingerprint density at radius 3 is 2.50 bits per heavy atom. The van der Waals surface area contributed by atoms with Gasteiger partial charge in [0, 0.05) is 29.8 Å². The molecule has 3 nitrogen and oxygen atoms in total. The lowest BCUT2D eigenvalue weighted by molar-refractivity contribution is 0.244. The minimum absolute atomic E-state index is 0.0454. The highest BCUT2D eigenvalue weighted by Crippen LogP contribution is 2.34. The monoisotopic (exact) mass is 230 g/mol. The Balaban J connectivity index is 3.34. The van der Waals surface area contributed by atoms with Crippen LogP contribution in [-0.4, -0.2) is 18.3 Å². The summed E-state index contributed by atoms with van der Waals surface area (Å²) >= 11 is 0. The summed E-state index contributed by atoms with van der Waals surface area (Å²) in [6.45, 7) is 1.57. The van der Waals surface area contributed by atoms with Gasteiger partial charge >= 0.3 is 0 Å². The molecular weight excluding hydrogens is 214 g/mol. The second-order valence-corrected chi connectivity index (χ2v) is 4.06. The Hall–Kier alpha value is -1.20. The first-order valence-electron chi connectivity index (χ1n) is 5.01. The molecule has 1 unspecified atom stereocenters. The van der Waals surface area contributed by atoms with Crippen molar-refractivity contribution in [1.29, 1.82) is 0 Å². The molecule has 0 aromatic heterocycles. The number of rotatable bonds is 4. The van der Waals surface area contributed by atoms with Gasteiger partial charge in [-0.2, -0.15) is 0 Å². The minimum atomic E-state index is -0.985. The topological polar surface area (TPSA) is 72.3 Å². The van der Waals surface area contributed by atoms with Gasteiger partial charge in [-0.3, -0.25) is 0 Å². The molecule has 0 aliphatic carbocycles. The smallest absolute Gasteiger partial charge is 0.164 e. The summed E-state index contributed by atoms with van der Waals surface area (Å²) in [5.74, 6) is -1.94. The van der Waals surface area contributed by atoms with Gasteiger partial charge in [-0.05, 0) is 18.6 Å². The zero-order valence-corrected chi connectivity index (χ0v) is 9.13. The van der Waals surface area contributed by atoms with E-state index in [1.807, 2.05) is 0 Å². The zero-order valence-electron chi connectivity index (χ0n) is 9.13. The lowest BCUT2D eigenvalue weighted by Gasteiger charge is -2.29. The molecule has 0 amide bonds. The van der Waals surface area contributed by atoms with Gasteiger partial charge in [0.25, 0.3) is 0 Å². The molecule has 0 radical (unpaired) electrons. The molecule has 0 fully saturated rings. The highest BCUT2D eigenvalue weighted by atomic mass is 19.2. The van der Waals surface area contributed by atoms with Crippen LogP contribution in [0.1, 0.15) is 18.9 Å². The van der Waals surface area contributed by atoms with Crippen molar-refractivity contribution in [1.82, 2.24) is 0 Å². The zero-order chi connectivity index (χ0) is 12.3. The maximum absolute atomic E-state index is 13.7. The molecular formula is C11H16F2N2O. The van der Waals surface area contributed by atoms with Crippen LogP contribution in [0.25, 0.3) is 0 Å². The summed E-state index contributed by atoms with van der Waals surface area (Å²) < 4.78 is 26.8. The number of aliphatic hydroxyl groups excluding tert-OH is 1. The van der Waals surface area contributed by atoms with Crippen LogP contribution in [0.3, 0.4) is 0 Å². The number of hydrogen-bond donors (Lipinski definition) is 3. The quantitative estimate of drug-likeness (QED) is 0.679. The average Bonchev–Trinajstić information content (AvgIpc) is 2.24. The number of halogens is 2. The fourth-order valence-electron chi connectivity index (χ4n) is 1.75. The van der Waals surface area contributed by atoms with Gasteiger partial charge in [0.15, 0.2) is 11.6 Å².